The van der Waals surface area contributed by atoms with Crippen LogP contribution in [0.1, 0.15) is 46.1 Å². The lowest BCUT2D eigenvalue weighted by Gasteiger charge is -2.27. The molecule has 1 atom stereocenters. The second-order valence-electron chi connectivity index (χ2n) is 5.79. The van der Waals surface area contributed by atoms with Crippen LogP contribution in [-0.4, -0.2) is 24.6 Å². The number of nitrogens with zero attached hydrogens (tertiary/aromatic N) is 2. The van der Waals surface area contributed by atoms with Gasteiger partial charge in [0, 0.05) is 25.8 Å². The lowest BCUT2D eigenvalue weighted by molar-refractivity contribution is 0.502. The van der Waals surface area contributed by atoms with Gasteiger partial charge in [-0.3, -0.25) is 0 Å². The van der Waals surface area contributed by atoms with E-state index in [1.807, 2.05) is 6.20 Å². The average Bonchev–Trinajstić information content (AvgIpc) is 2.38. The summed E-state index contributed by atoms with van der Waals surface area (Å²) in [5.41, 5.74) is 1.31. The molecule has 0 fully saturated rings. The van der Waals surface area contributed by atoms with Gasteiger partial charge in [0.25, 0.3) is 0 Å². The van der Waals surface area contributed by atoms with Crippen molar-refractivity contribution in [3.63, 3.8) is 0 Å². The maximum atomic E-state index is 4.49. The number of rotatable bonds is 8. The summed E-state index contributed by atoms with van der Waals surface area (Å²) in [4.78, 5) is 6.78. The first-order valence-electron chi connectivity index (χ1n) is 7.43. The molecule has 0 radical (unpaired) electrons. The van der Waals surface area contributed by atoms with Gasteiger partial charge in [-0.25, -0.2) is 4.98 Å². The highest BCUT2D eigenvalue weighted by Gasteiger charge is 2.12. The molecule has 1 aromatic heterocycles. The number of pyridine rings is 1. The lowest BCUT2D eigenvalue weighted by atomic mass is 10.0. The normalized spacial score (nSPS) is 12.7. The molecular weight excluding hydrogens is 234 g/mol. The molecule has 19 heavy (non-hydrogen) atoms. The van der Waals surface area contributed by atoms with Gasteiger partial charge in [-0.1, -0.05) is 20.8 Å². The first-order valence-corrected chi connectivity index (χ1v) is 7.43. The molecule has 0 aliphatic heterocycles. The fourth-order valence-electron chi connectivity index (χ4n) is 2.24. The Bertz CT molecular complexity index is 363. The minimum Gasteiger partial charge on any atom is -0.357 e. The zero-order chi connectivity index (χ0) is 14.3. The van der Waals surface area contributed by atoms with E-state index in [1.54, 1.807) is 0 Å². The fourth-order valence-corrected chi connectivity index (χ4v) is 2.24. The standard InChI is InChI=1S/C16H29N3/c1-6-8-17-12-15-7-9-18-16(11-15)19(5)14(4)10-13(2)3/h7,9,11,13-14,17H,6,8,10,12H2,1-5H3. The van der Waals surface area contributed by atoms with Crippen LogP contribution in [0.25, 0.3) is 0 Å². The topological polar surface area (TPSA) is 28.2 Å². The van der Waals surface area contributed by atoms with Gasteiger partial charge in [0.1, 0.15) is 5.82 Å². The maximum Gasteiger partial charge on any atom is 0.128 e. The summed E-state index contributed by atoms with van der Waals surface area (Å²) in [5.74, 6) is 1.79. The Morgan fingerprint density at radius 2 is 2.05 bits per heavy atom. The molecule has 1 N–H and O–H groups in total. The van der Waals surface area contributed by atoms with Crippen LogP contribution >= 0.6 is 0 Å². The number of anilines is 1. The average molecular weight is 263 g/mol. The highest BCUT2D eigenvalue weighted by molar-refractivity contribution is 5.41. The van der Waals surface area contributed by atoms with E-state index < -0.39 is 0 Å². The fraction of sp³-hybridized carbons (Fsp3) is 0.688. The third-order valence-electron chi connectivity index (χ3n) is 3.40. The van der Waals surface area contributed by atoms with Gasteiger partial charge in [0.15, 0.2) is 0 Å². The molecule has 0 saturated carbocycles. The molecule has 0 bridgehead atoms. The summed E-state index contributed by atoms with van der Waals surface area (Å²) in [6.07, 6.45) is 4.27. The third kappa shape index (κ3) is 5.60. The minimum absolute atomic E-state index is 0.520. The smallest absolute Gasteiger partial charge is 0.128 e. The van der Waals surface area contributed by atoms with Crippen molar-refractivity contribution in [3.8, 4) is 0 Å². The summed E-state index contributed by atoms with van der Waals surface area (Å²) in [7, 11) is 2.14. The predicted octanol–water partition coefficient (Wildman–Crippen LogP) is 3.45. The van der Waals surface area contributed by atoms with Crippen molar-refractivity contribution in [1.82, 2.24) is 10.3 Å². The van der Waals surface area contributed by atoms with Crippen molar-refractivity contribution in [2.24, 2.45) is 5.92 Å². The van der Waals surface area contributed by atoms with Crippen molar-refractivity contribution in [1.29, 1.82) is 0 Å². The van der Waals surface area contributed by atoms with Gasteiger partial charge in [0.05, 0.1) is 0 Å². The summed E-state index contributed by atoms with van der Waals surface area (Å²) >= 11 is 0. The molecular formula is C16H29N3. The predicted molar refractivity (Wildman–Crippen MR) is 83.6 cm³/mol. The summed E-state index contributed by atoms with van der Waals surface area (Å²) in [6, 6.07) is 4.80. The van der Waals surface area contributed by atoms with E-state index >= 15 is 0 Å². The number of hydrogen-bond donors (Lipinski definition) is 1. The lowest BCUT2D eigenvalue weighted by Crippen LogP contribution is -2.30. The Hall–Kier alpha value is -1.09. The molecule has 108 valence electrons. The van der Waals surface area contributed by atoms with Crippen LogP contribution in [0, 0.1) is 5.92 Å². The van der Waals surface area contributed by atoms with Crippen molar-refractivity contribution < 1.29 is 0 Å². The molecule has 3 heteroatoms. The molecule has 0 aromatic carbocycles. The molecule has 3 nitrogen and oxygen atoms in total. The third-order valence-corrected chi connectivity index (χ3v) is 3.40. The molecule has 1 heterocycles. The molecule has 1 unspecified atom stereocenters. The Balaban J connectivity index is 2.64. The molecule has 0 amide bonds. The van der Waals surface area contributed by atoms with Crippen LogP contribution in [0.5, 0.6) is 0 Å². The van der Waals surface area contributed by atoms with E-state index in [2.05, 4.69) is 62.1 Å². The highest BCUT2D eigenvalue weighted by Crippen LogP contribution is 2.17. The van der Waals surface area contributed by atoms with Crippen molar-refractivity contribution >= 4 is 5.82 Å². The molecule has 0 aliphatic rings. The van der Waals surface area contributed by atoms with Gasteiger partial charge in [-0.2, -0.15) is 0 Å². The monoisotopic (exact) mass is 263 g/mol. The van der Waals surface area contributed by atoms with E-state index in [0.717, 1.165) is 18.9 Å². The second-order valence-corrected chi connectivity index (χ2v) is 5.79. The first-order chi connectivity index (χ1) is 9.04. The number of hydrogen-bond acceptors (Lipinski definition) is 3. The molecule has 1 rings (SSSR count). The first kappa shape index (κ1) is 16.0. The Morgan fingerprint density at radius 1 is 1.32 bits per heavy atom. The van der Waals surface area contributed by atoms with Gasteiger partial charge in [0.2, 0.25) is 0 Å². The van der Waals surface area contributed by atoms with Gasteiger partial charge >= 0.3 is 0 Å². The molecule has 0 spiro atoms. The van der Waals surface area contributed by atoms with E-state index in [0.29, 0.717) is 12.0 Å². The highest BCUT2D eigenvalue weighted by atomic mass is 15.2. The maximum absolute atomic E-state index is 4.49. The van der Waals surface area contributed by atoms with Crippen molar-refractivity contribution in [2.45, 2.75) is 53.1 Å². The van der Waals surface area contributed by atoms with Crippen LogP contribution < -0.4 is 10.2 Å². The summed E-state index contributed by atoms with van der Waals surface area (Å²) in [5, 5.41) is 3.43. The van der Waals surface area contributed by atoms with E-state index in [4.69, 9.17) is 0 Å². The van der Waals surface area contributed by atoms with E-state index in [-0.39, 0.29) is 0 Å². The van der Waals surface area contributed by atoms with E-state index in [1.165, 1.54) is 18.4 Å². The SMILES string of the molecule is CCCNCc1ccnc(N(C)C(C)CC(C)C)c1. The number of aromatic nitrogens is 1. The van der Waals surface area contributed by atoms with Gasteiger partial charge in [-0.15, -0.1) is 0 Å². The van der Waals surface area contributed by atoms with Crippen LogP contribution in [0.3, 0.4) is 0 Å². The molecule has 1 aromatic rings. The Labute approximate surface area is 118 Å². The Kier molecular flexibility index (Phi) is 6.85. The summed E-state index contributed by atoms with van der Waals surface area (Å²) in [6.45, 7) is 11.0. The van der Waals surface area contributed by atoms with Gasteiger partial charge < -0.3 is 10.2 Å². The summed E-state index contributed by atoms with van der Waals surface area (Å²) < 4.78 is 0. The van der Waals surface area contributed by atoms with Crippen LogP contribution in [-0.2, 0) is 6.54 Å². The largest absolute Gasteiger partial charge is 0.357 e. The molecule has 0 saturated heterocycles. The van der Waals surface area contributed by atoms with Crippen molar-refractivity contribution in [3.05, 3.63) is 23.9 Å². The van der Waals surface area contributed by atoms with Crippen LogP contribution in [0.2, 0.25) is 0 Å². The van der Waals surface area contributed by atoms with E-state index in [9.17, 15) is 0 Å². The quantitative estimate of drug-likeness (QED) is 0.728. The Morgan fingerprint density at radius 3 is 2.68 bits per heavy atom. The van der Waals surface area contributed by atoms with Crippen molar-refractivity contribution in [2.75, 3.05) is 18.5 Å². The number of nitrogens with one attached hydrogen (secondary N) is 1. The van der Waals surface area contributed by atoms with Gasteiger partial charge in [-0.05, 0) is 49.9 Å². The minimum atomic E-state index is 0.520. The van der Waals surface area contributed by atoms with Crippen LogP contribution in [0.15, 0.2) is 18.3 Å². The second kappa shape index (κ2) is 8.16. The van der Waals surface area contributed by atoms with Crippen LogP contribution in [0.4, 0.5) is 5.82 Å². The molecule has 0 aliphatic carbocycles. The zero-order valence-electron chi connectivity index (χ0n) is 13.1. The zero-order valence-corrected chi connectivity index (χ0v) is 13.1.